The van der Waals surface area contributed by atoms with Crippen LogP contribution in [0.15, 0.2) is 47.6 Å². The molecule has 21 heavy (non-hydrogen) atoms. The molecule has 0 amide bonds. The Hall–Kier alpha value is -2.16. The van der Waals surface area contributed by atoms with Gasteiger partial charge in [-0.25, -0.2) is 9.37 Å². The van der Waals surface area contributed by atoms with Crippen molar-refractivity contribution in [3.63, 3.8) is 0 Å². The summed E-state index contributed by atoms with van der Waals surface area (Å²) in [6, 6.07) is 6.27. The van der Waals surface area contributed by atoms with Crippen molar-refractivity contribution in [2.75, 3.05) is 4.72 Å². The van der Waals surface area contributed by atoms with Gasteiger partial charge in [-0.15, -0.1) is 0 Å². The van der Waals surface area contributed by atoms with E-state index in [1.807, 2.05) is 4.72 Å². The average molecular weight is 320 g/mol. The number of hydrogen-bond donors (Lipinski definition) is 1. The first-order valence-corrected chi connectivity index (χ1v) is 6.99. The summed E-state index contributed by atoms with van der Waals surface area (Å²) in [7, 11) is -4.27. The van der Waals surface area contributed by atoms with E-state index in [9.17, 15) is 26.0 Å². The first-order chi connectivity index (χ1) is 9.70. The van der Waals surface area contributed by atoms with Gasteiger partial charge in [-0.1, -0.05) is 12.1 Å². The SMILES string of the molecule is O=S(=O)(Nc1ccccc1F)c1ccc(C(F)(F)F)cn1. The van der Waals surface area contributed by atoms with Crippen LogP contribution in [0.1, 0.15) is 5.56 Å². The molecule has 1 heterocycles. The highest BCUT2D eigenvalue weighted by Gasteiger charge is 2.31. The first-order valence-electron chi connectivity index (χ1n) is 5.51. The molecule has 1 aromatic carbocycles. The highest BCUT2D eigenvalue weighted by molar-refractivity contribution is 7.92. The second-order valence-corrected chi connectivity index (χ2v) is 5.60. The fraction of sp³-hybridized carbons (Fsp3) is 0.0833. The van der Waals surface area contributed by atoms with Gasteiger partial charge in [0.25, 0.3) is 10.0 Å². The van der Waals surface area contributed by atoms with E-state index in [4.69, 9.17) is 0 Å². The second kappa shape index (κ2) is 5.32. The van der Waals surface area contributed by atoms with Gasteiger partial charge in [0.05, 0.1) is 11.3 Å². The average Bonchev–Trinajstić information content (AvgIpc) is 2.40. The minimum Gasteiger partial charge on any atom is -0.275 e. The number of nitrogens with zero attached hydrogens (tertiary/aromatic N) is 1. The zero-order valence-corrected chi connectivity index (χ0v) is 11.0. The van der Waals surface area contributed by atoms with E-state index >= 15 is 0 Å². The molecule has 2 rings (SSSR count). The van der Waals surface area contributed by atoms with Crippen LogP contribution in [0.25, 0.3) is 0 Å². The molecule has 0 bridgehead atoms. The first kappa shape index (κ1) is 15.2. The summed E-state index contributed by atoms with van der Waals surface area (Å²) in [6.45, 7) is 0. The number of para-hydroxylation sites is 1. The molecule has 0 spiro atoms. The van der Waals surface area contributed by atoms with Crippen molar-refractivity contribution in [2.45, 2.75) is 11.2 Å². The fourth-order valence-corrected chi connectivity index (χ4v) is 2.45. The number of hydrogen-bond acceptors (Lipinski definition) is 3. The lowest BCUT2D eigenvalue weighted by Crippen LogP contribution is -2.16. The molecule has 0 saturated carbocycles. The van der Waals surface area contributed by atoms with Crippen LogP contribution in [-0.4, -0.2) is 13.4 Å². The standard InChI is InChI=1S/C12H8F4N2O2S/c13-9-3-1-2-4-10(9)18-21(19,20)11-6-5-8(7-17-11)12(14,15)16/h1-7,18H. The van der Waals surface area contributed by atoms with Crippen LogP contribution in [0.2, 0.25) is 0 Å². The lowest BCUT2D eigenvalue weighted by molar-refractivity contribution is -0.137. The Balaban J connectivity index is 2.30. The molecule has 2 aromatic rings. The minimum absolute atomic E-state index is 0.320. The largest absolute Gasteiger partial charge is 0.417 e. The summed E-state index contributed by atoms with van der Waals surface area (Å²) in [4.78, 5) is 3.25. The summed E-state index contributed by atoms with van der Waals surface area (Å²) in [5.74, 6) is -0.812. The van der Waals surface area contributed by atoms with Gasteiger partial charge in [-0.05, 0) is 24.3 Å². The van der Waals surface area contributed by atoms with Crippen LogP contribution in [0.3, 0.4) is 0 Å². The van der Waals surface area contributed by atoms with Gasteiger partial charge in [-0.3, -0.25) is 4.72 Å². The number of anilines is 1. The summed E-state index contributed by atoms with van der Waals surface area (Å²) >= 11 is 0. The normalized spacial score (nSPS) is 12.2. The molecular weight excluding hydrogens is 312 g/mol. The van der Waals surface area contributed by atoms with Crippen LogP contribution in [0, 0.1) is 5.82 Å². The third-order valence-corrected chi connectivity index (χ3v) is 3.74. The second-order valence-electron chi connectivity index (χ2n) is 3.97. The van der Waals surface area contributed by atoms with Crippen LogP contribution >= 0.6 is 0 Å². The molecule has 0 aliphatic rings. The van der Waals surface area contributed by atoms with Crippen molar-refractivity contribution in [1.82, 2.24) is 4.98 Å². The quantitative estimate of drug-likeness (QED) is 0.884. The van der Waals surface area contributed by atoms with E-state index in [1.54, 1.807) is 0 Å². The van der Waals surface area contributed by atoms with E-state index in [1.165, 1.54) is 18.2 Å². The van der Waals surface area contributed by atoms with Crippen molar-refractivity contribution in [1.29, 1.82) is 0 Å². The third kappa shape index (κ3) is 3.48. The number of halogens is 4. The molecular formula is C12H8F4N2O2S. The molecule has 0 unspecified atom stereocenters. The Morgan fingerprint density at radius 2 is 1.71 bits per heavy atom. The fourth-order valence-electron chi connectivity index (χ4n) is 1.45. The van der Waals surface area contributed by atoms with Crippen molar-refractivity contribution >= 4 is 15.7 Å². The molecule has 0 radical (unpaired) electrons. The number of nitrogens with one attached hydrogen (secondary N) is 1. The van der Waals surface area contributed by atoms with Crippen molar-refractivity contribution in [3.8, 4) is 0 Å². The minimum atomic E-state index is -4.62. The monoisotopic (exact) mass is 320 g/mol. The Bertz CT molecular complexity index is 743. The van der Waals surface area contributed by atoms with Gasteiger partial charge >= 0.3 is 6.18 Å². The highest BCUT2D eigenvalue weighted by atomic mass is 32.2. The number of rotatable bonds is 3. The van der Waals surface area contributed by atoms with Gasteiger partial charge in [0, 0.05) is 6.20 Å². The lowest BCUT2D eigenvalue weighted by Gasteiger charge is -2.09. The molecule has 0 saturated heterocycles. The maximum absolute atomic E-state index is 13.4. The maximum atomic E-state index is 13.4. The molecule has 1 N–H and O–H groups in total. The molecule has 9 heteroatoms. The van der Waals surface area contributed by atoms with Gasteiger partial charge in [-0.2, -0.15) is 21.6 Å². The topological polar surface area (TPSA) is 59.1 Å². The maximum Gasteiger partial charge on any atom is 0.417 e. The van der Waals surface area contributed by atoms with Crippen molar-refractivity contribution in [2.24, 2.45) is 0 Å². The predicted octanol–water partition coefficient (Wildman–Crippen LogP) is 3.04. The zero-order chi connectivity index (χ0) is 15.7. The van der Waals surface area contributed by atoms with E-state index in [2.05, 4.69) is 4.98 Å². The van der Waals surface area contributed by atoms with E-state index in [-0.39, 0.29) is 5.69 Å². The van der Waals surface area contributed by atoms with E-state index < -0.39 is 32.6 Å². The van der Waals surface area contributed by atoms with E-state index in [0.717, 1.165) is 6.07 Å². The van der Waals surface area contributed by atoms with Crippen LogP contribution in [-0.2, 0) is 16.2 Å². The highest BCUT2D eigenvalue weighted by Crippen LogP contribution is 2.29. The van der Waals surface area contributed by atoms with Crippen LogP contribution in [0.5, 0.6) is 0 Å². The Morgan fingerprint density at radius 1 is 1.05 bits per heavy atom. The van der Waals surface area contributed by atoms with Crippen LogP contribution in [0.4, 0.5) is 23.2 Å². The number of sulfonamides is 1. The zero-order valence-electron chi connectivity index (χ0n) is 10.2. The van der Waals surface area contributed by atoms with Gasteiger partial charge in [0.1, 0.15) is 5.82 Å². The van der Waals surface area contributed by atoms with E-state index in [0.29, 0.717) is 18.3 Å². The number of alkyl halides is 3. The number of pyridine rings is 1. The van der Waals surface area contributed by atoms with Gasteiger partial charge in [0.2, 0.25) is 0 Å². The van der Waals surface area contributed by atoms with Gasteiger partial charge in [0.15, 0.2) is 5.03 Å². The van der Waals surface area contributed by atoms with Crippen molar-refractivity contribution in [3.05, 3.63) is 54.0 Å². The summed E-state index contributed by atoms with van der Waals surface area (Å²) in [5.41, 5.74) is -1.40. The number of aromatic nitrogens is 1. The Labute approximate surface area is 117 Å². The van der Waals surface area contributed by atoms with Gasteiger partial charge < -0.3 is 0 Å². The summed E-state index contributed by atoms with van der Waals surface area (Å²) in [5, 5.41) is -0.640. The third-order valence-electron chi connectivity index (χ3n) is 2.46. The summed E-state index contributed by atoms with van der Waals surface area (Å²) < 4.78 is 76.1. The molecule has 1 aromatic heterocycles. The predicted molar refractivity (Wildman–Crippen MR) is 66.4 cm³/mol. The molecule has 112 valence electrons. The van der Waals surface area contributed by atoms with Crippen LogP contribution < -0.4 is 4.72 Å². The molecule has 0 aliphatic heterocycles. The smallest absolute Gasteiger partial charge is 0.275 e. The molecule has 0 aliphatic carbocycles. The summed E-state index contributed by atoms with van der Waals surface area (Å²) in [6.07, 6.45) is -4.22. The molecule has 0 fully saturated rings. The van der Waals surface area contributed by atoms with Crippen molar-refractivity contribution < 1.29 is 26.0 Å². The molecule has 0 atom stereocenters. The number of benzene rings is 1. The Morgan fingerprint density at radius 3 is 2.24 bits per heavy atom. The molecule has 4 nitrogen and oxygen atoms in total. The lowest BCUT2D eigenvalue weighted by atomic mass is 10.3. The Kier molecular flexibility index (Phi) is 3.86.